The zero-order valence-corrected chi connectivity index (χ0v) is 18.6. The molecule has 7 nitrogen and oxygen atoms in total. The SMILES string of the molecule is CCNC(=NCc1coc(-c2ccc(C)cc2)n1)NCC(C)Cn1nc(C)cc1C. The molecular formula is C23H32N6O. The summed E-state index contributed by atoms with van der Waals surface area (Å²) in [6.07, 6.45) is 1.67. The Balaban J connectivity index is 1.56. The molecular weight excluding hydrogens is 376 g/mol. The number of benzene rings is 1. The van der Waals surface area contributed by atoms with Gasteiger partial charge in [-0.1, -0.05) is 24.6 Å². The van der Waals surface area contributed by atoms with Crippen LogP contribution in [0, 0.1) is 26.7 Å². The van der Waals surface area contributed by atoms with Crippen molar-refractivity contribution < 1.29 is 4.42 Å². The van der Waals surface area contributed by atoms with Crippen LogP contribution in [-0.4, -0.2) is 33.8 Å². The number of hydrogen-bond donors (Lipinski definition) is 2. The molecule has 0 amide bonds. The highest BCUT2D eigenvalue weighted by molar-refractivity contribution is 5.79. The Bertz CT molecular complexity index is 970. The largest absolute Gasteiger partial charge is 0.444 e. The van der Waals surface area contributed by atoms with Gasteiger partial charge in [-0.2, -0.15) is 5.10 Å². The summed E-state index contributed by atoms with van der Waals surface area (Å²) in [4.78, 5) is 9.22. The Morgan fingerprint density at radius 3 is 2.60 bits per heavy atom. The summed E-state index contributed by atoms with van der Waals surface area (Å²) in [6, 6.07) is 10.2. The molecule has 160 valence electrons. The first-order valence-corrected chi connectivity index (χ1v) is 10.5. The lowest BCUT2D eigenvalue weighted by Crippen LogP contribution is -2.40. The van der Waals surface area contributed by atoms with Gasteiger partial charge in [0.2, 0.25) is 5.89 Å². The van der Waals surface area contributed by atoms with E-state index in [1.54, 1.807) is 6.26 Å². The van der Waals surface area contributed by atoms with Crippen molar-refractivity contribution in [3.8, 4) is 11.5 Å². The lowest BCUT2D eigenvalue weighted by molar-refractivity contribution is 0.436. The Morgan fingerprint density at radius 2 is 1.93 bits per heavy atom. The van der Waals surface area contributed by atoms with Gasteiger partial charge in [-0.05, 0) is 51.8 Å². The van der Waals surface area contributed by atoms with E-state index in [2.05, 4.69) is 76.3 Å². The molecule has 0 radical (unpaired) electrons. The minimum atomic E-state index is 0.409. The van der Waals surface area contributed by atoms with Crippen molar-refractivity contribution in [1.82, 2.24) is 25.4 Å². The van der Waals surface area contributed by atoms with Gasteiger partial charge >= 0.3 is 0 Å². The van der Waals surface area contributed by atoms with Crippen LogP contribution in [-0.2, 0) is 13.1 Å². The summed E-state index contributed by atoms with van der Waals surface area (Å²) in [5.74, 6) is 1.81. The van der Waals surface area contributed by atoms with E-state index < -0.39 is 0 Å². The van der Waals surface area contributed by atoms with Gasteiger partial charge in [0, 0.05) is 30.9 Å². The van der Waals surface area contributed by atoms with Crippen molar-refractivity contribution >= 4 is 5.96 Å². The third-order valence-corrected chi connectivity index (χ3v) is 4.80. The quantitative estimate of drug-likeness (QED) is 0.437. The fraction of sp³-hybridized carbons (Fsp3) is 0.435. The molecule has 1 atom stereocenters. The molecule has 0 saturated heterocycles. The van der Waals surface area contributed by atoms with Gasteiger partial charge in [0.15, 0.2) is 5.96 Å². The van der Waals surface area contributed by atoms with Crippen LogP contribution in [0.1, 0.15) is 36.5 Å². The summed E-state index contributed by atoms with van der Waals surface area (Å²) >= 11 is 0. The van der Waals surface area contributed by atoms with Crippen molar-refractivity contribution in [3.05, 3.63) is 59.2 Å². The normalized spacial score (nSPS) is 12.8. The molecule has 7 heteroatoms. The van der Waals surface area contributed by atoms with E-state index in [0.717, 1.165) is 42.5 Å². The molecule has 0 aliphatic carbocycles. The van der Waals surface area contributed by atoms with E-state index >= 15 is 0 Å². The second-order valence-electron chi connectivity index (χ2n) is 7.80. The van der Waals surface area contributed by atoms with Crippen LogP contribution in [0.25, 0.3) is 11.5 Å². The predicted molar refractivity (Wildman–Crippen MR) is 120 cm³/mol. The summed E-state index contributed by atoms with van der Waals surface area (Å²) in [5, 5.41) is 11.3. The van der Waals surface area contributed by atoms with Crippen LogP contribution >= 0.6 is 0 Å². The predicted octanol–water partition coefficient (Wildman–Crippen LogP) is 3.85. The van der Waals surface area contributed by atoms with Crippen LogP contribution in [0.3, 0.4) is 0 Å². The fourth-order valence-corrected chi connectivity index (χ4v) is 3.20. The minimum absolute atomic E-state index is 0.409. The van der Waals surface area contributed by atoms with Crippen LogP contribution < -0.4 is 10.6 Å². The lowest BCUT2D eigenvalue weighted by atomic mass is 10.1. The molecule has 2 heterocycles. The molecule has 3 aromatic rings. The van der Waals surface area contributed by atoms with Crippen LogP contribution in [0.2, 0.25) is 0 Å². The summed E-state index contributed by atoms with van der Waals surface area (Å²) in [5.41, 5.74) is 5.23. The third kappa shape index (κ3) is 5.95. The molecule has 0 spiro atoms. The van der Waals surface area contributed by atoms with Gasteiger partial charge in [0.25, 0.3) is 0 Å². The van der Waals surface area contributed by atoms with E-state index in [1.165, 1.54) is 11.3 Å². The van der Waals surface area contributed by atoms with Crippen molar-refractivity contribution in [2.24, 2.45) is 10.9 Å². The molecule has 30 heavy (non-hydrogen) atoms. The summed E-state index contributed by atoms with van der Waals surface area (Å²) in [7, 11) is 0. The van der Waals surface area contributed by atoms with Crippen LogP contribution in [0.15, 0.2) is 46.0 Å². The topological polar surface area (TPSA) is 80.3 Å². The molecule has 3 rings (SSSR count). The van der Waals surface area contributed by atoms with Gasteiger partial charge < -0.3 is 15.1 Å². The lowest BCUT2D eigenvalue weighted by Gasteiger charge is -2.16. The van der Waals surface area contributed by atoms with Crippen molar-refractivity contribution in [2.45, 2.75) is 47.7 Å². The van der Waals surface area contributed by atoms with Gasteiger partial charge in [0.1, 0.15) is 12.0 Å². The minimum Gasteiger partial charge on any atom is -0.444 e. The number of hydrogen-bond acceptors (Lipinski definition) is 4. The Labute approximate surface area is 178 Å². The maximum absolute atomic E-state index is 5.63. The van der Waals surface area contributed by atoms with Crippen molar-refractivity contribution in [2.75, 3.05) is 13.1 Å². The maximum atomic E-state index is 5.63. The standard InChI is InChI=1S/C23H32N6O/c1-6-24-23(25-12-17(3)14-29-19(5)11-18(4)28-29)26-13-21-15-30-22(27-21)20-9-7-16(2)8-10-20/h7-11,15,17H,6,12-14H2,1-5H3,(H2,24,25,26). The van der Waals surface area contributed by atoms with Gasteiger partial charge in [-0.25, -0.2) is 9.98 Å². The van der Waals surface area contributed by atoms with Gasteiger partial charge in [-0.15, -0.1) is 0 Å². The average molecular weight is 409 g/mol. The second kappa shape index (κ2) is 10.1. The Hall–Kier alpha value is -3.09. The molecule has 1 unspecified atom stereocenters. The molecule has 0 fully saturated rings. The van der Waals surface area contributed by atoms with E-state index in [1.807, 2.05) is 19.1 Å². The molecule has 1 aromatic carbocycles. The van der Waals surface area contributed by atoms with E-state index in [0.29, 0.717) is 18.4 Å². The number of oxazole rings is 1. The molecule has 2 N–H and O–H groups in total. The van der Waals surface area contributed by atoms with Crippen LogP contribution in [0.5, 0.6) is 0 Å². The van der Waals surface area contributed by atoms with Gasteiger partial charge in [-0.3, -0.25) is 4.68 Å². The number of rotatable bonds is 8. The fourth-order valence-electron chi connectivity index (χ4n) is 3.20. The van der Waals surface area contributed by atoms with E-state index in [4.69, 9.17) is 4.42 Å². The van der Waals surface area contributed by atoms with Gasteiger partial charge in [0.05, 0.1) is 12.2 Å². The number of guanidine groups is 1. The monoisotopic (exact) mass is 408 g/mol. The number of aryl methyl sites for hydroxylation is 3. The first kappa shape index (κ1) is 21.6. The second-order valence-corrected chi connectivity index (χ2v) is 7.80. The van der Waals surface area contributed by atoms with E-state index in [-0.39, 0.29) is 0 Å². The Morgan fingerprint density at radius 1 is 1.17 bits per heavy atom. The Kier molecular flexibility index (Phi) is 7.27. The first-order valence-electron chi connectivity index (χ1n) is 10.5. The molecule has 0 aliphatic rings. The average Bonchev–Trinajstić information content (AvgIpc) is 3.31. The number of nitrogens with zero attached hydrogens (tertiary/aromatic N) is 4. The highest BCUT2D eigenvalue weighted by atomic mass is 16.3. The van der Waals surface area contributed by atoms with Crippen molar-refractivity contribution in [1.29, 1.82) is 0 Å². The third-order valence-electron chi connectivity index (χ3n) is 4.80. The number of aliphatic imine (C=N–C) groups is 1. The zero-order valence-electron chi connectivity index (χ0n) is 18.6. The highest BCUT2D eigenvalue weighted by Crippen LogP contribution is 2.19. The first-order chi connectivity index (χ1) is 14.4. The smallest absolute Gasteiger partial charge is 0.226 e. The van der Waals surface area contributed by atoms with Crippen molar-refractivity contribution in [3.63, 3.8) is 0 Å². The van der Waals surface area contributed by atoms with Crippen LogP contribution in [0.4, 0.5) is 0 Å². The number of nitrogens with one attached hydrogen (secondary N) is 2. The molecule has 2 aromatic heterocycles. The number of aromatic nitrogens is 3. The summed E-state index contributed by atoms with van der Waals surface area (Å²) in [6.45, 7) is 13.4. The molecule has 0 aliphatic heterocycles. The molecule has 0 bridgehead atoms. The zero-order chi connectivity index (χ0) is 21.5. The molecule has 0 saturated carbocycles. The summed E-state index contributed by atoms with van der Waals surface area (Å²) < 4.78 is 7.69. The maximum Gasteiger partial charge on any atom is 0.226 e. The highest BCUT2D eigenvalue weighted by Gasteiger charge is 2.09. The van der Waals surface area contributed by atoms with E-state index in [9.17, 15) is 0 Å².